The molecule has 0 bridgehead atoms. The quantitative estimate of drug-likeness (QED) is 0.500. The molecule has 9 nitrogen and oxygen atoms in total. The van der Waals surface area contributed by atoms with Crippen molar-refractivity contribution in [1.29, 1.82) is 0 Å². The molecule has 3 fully saturated rings. The highest BCUT2D eigenvalue weighted by Gasteiger charge is 2.50. The first-order valence-corrected chi connectivity index (χ1v) is 12.7. The van der Waals surface area contributed by atoms with Crippen molar-refractivity contribution in [3.05, 3.63) is 35.9 Å². The first kappa shape index (κ1) is 25.6. The summed E-state index contributed by atoms with van der Waals surface area (Å²) in [6.07, 6.45) is 2.05. The molecular weight excluding hydrogens is 450 g/mol. The van der Waals surface area contributed by atoms with E-state index < -0.39 is 6.04 Å². The number of ether oxygens (including phenoxy) is 3. The van der Waals surface area contributed by atoms with Crippen LogP contribution in [-0.4, -0.2) is 98.9 Å². The van der Waals surface area contributed by atoms with Crippen LogP contribution in [0.5, 0.6) is 0 Å². The summed E-state index contributed by atoms with van der Waals surface area (Å²) >= 11 is 0. The number of carbonyl (C=O) groups is 3. The second-order valence-corrected chi connectivity index (χ2v) is 9.62. The molecule has 35 heavy (non-hydrogen) atoms. The Balaban J connectivity index is 1.33. The highest BCUT2D eigenvalue weighted by Crippen LogP contribution is 2.36. The zero-order valence-electron chi connectivity index (χ0n) is 20.7. The molecule has 0 radical (unpaired) electrons. The van der Waals surface area contributed by atoms with Gasteiger partial charge in [-0.3, -0.25) is 14.4 Å². The molecule has 3 amide bonds. The van der Waals surface area contributed by atoms with Gasteiger partial charge in [0.05, 0.1) is 37.9 Å². The first-order valence-electron chi connectivity index (χ1n) is 12.7. The molecule has 3 saturated heterocycles. The zero-order valence-corrected chi connectivity index (χ0v) is 20.7. The summed E-state index contributed by atoms with van der Waals surface area (Å²) in [4.78, 5) is 43.0. The predicted molar refractivity (Wildman–Crippen MR) is 129 cm³/mol. The van der Waals surface area contributed by atoms with Crippen LogP contribution in [0.1, 0.15) is 36.5 Å². The van der Waals surface area contributed by atoms with Crippen LogP contribution in [0, 0.1) is 11.8 Å². The minimum Gasteiger partial charge on any atom is -0.382 e. The van der Waals surface area contributed by atoms with Crippen molar-refractivity contribution in [2.45, 2.75) is 44.4 Å². The number of hydrogen-bond donors (Lipinski definition) is 1. The van der Waals surface area contributed by atoms with E-state index >= 15 is 0 Å². The van der Waals surface area contributed by atoms with Gasteiger partial charge in [0.15, 0.2) is 0 Å². The van der Waals surface area contributed by atoms with Gasteiger partial charge in [-0.15, -0.1) is 0 Å². The second kappa shape index (κ2) is 12.0. The molecule has 0 aromatic heterocycles. The summed E-state index contributed by atoms with van der Waals surface area (Å²) in [6.45, 7) is 5.65. The fourth-order valence-corrected chi connectivity index (χ4v) is 5.34. The van der Waals surface area contributed by atoms with Crippen molar-refractivity contribution in [3.8, 4) is 0 Å². The van der Waals surface area contributed by atoms with Crippen LogP contribution in [0.4, 0.5) is 0 Å². The Morgan fingerprint density at radius 3 is 2.66 bits per heavy atom. The number of rotatable bonds is 10. The van der Waals surface area contributed by atoms with Gasteiger partial charge in [-0.2, -0.15) is 0 Å². The molecule has 3 aliphatic rings. The van der Waals surface area contributed by atoms with E-state index in [1.54, 1.807) is 36.3 Å². The molecule has 1 N–H and O–H groups in total. The molecule has 9 heteroatoms. The number of benzene rings is 1. The molecular formula is C26H37N3O6. The van der Waals surface area contributed by atoms with Crippen molar-refractivity contribution in [1.82, 2.24) is 15.1 Å². The summed E-state index contributed by atoms with van der Waals surface area (Å²) in [5.41, 5.74) is 0.531. The number of hydrogen-bond acceptors (Lipinski definition) is 6. The Morgan fingerprint density at radius 2 is 1.91 bits per heavy atom. The molecule has 1 aromatic carbocycles. The fourth-order valence-electron chi connectivity index (χ4n) is 5.34. The number of nitrogens with zero attached hydrogens (tertiary/aromatic N) is 2. The standard InChI is InChI=1S/C26H37N3O6/c1-3-7-22(27-24(30)18-8-5-4-6-9-18)26(32)29-15-20-21(17-35-23(20)16-29)25(31)28-11-10-19(14-28)34-13-12-33-2/h4-6,8-9,19-23H,3,7,10-17H2,1-2H3,(H,27,30)/t19?,20-,21+,22-,23+/m0/s1. The Labute approximate surface area is 207 Å². The SMILES string of the molecule is CCC[C@H](NC(=O)c1ccccc1)C(=O)N1C[C@@H]2[C@@H](C1)OC[C@H]2C(=O)N1CCC(OCCOC)C1. The van der Waals surface area contributed by atoms with E-state index in [-0.39, 0.29) is 41.8 Å². The van der Waals surface area contributed by atoms with E-state index in [0.29, 0.717) is 58.0 Å². The van der Waals surface area contributed by atoms with Crippen LogP contribution < -0.4 is 5.32 Å². The van der Waals surface area contributed by atoms with Gasteiger partial charge < -0.3 is 29.3 Å². The minimum absolute atomic E-state index is 0.0213. The molecule has 1 unspecified atom stereocenters. The molecule has 192 valence electrons. The second-order valence-electron chi connectivity index (χ2n) is 9.62. The lowest BCUT2D eigenvalue weighted by atomic mass is 9.92. The van der Waals surface area contributed by atoms with Crippen LogP contribution in [0.2, 0.25) is 0 Å². The van der Waals surface area contributed by atoms with Gasteiger partial charge in [-0.1, -0.05) is 31.5 Å². The molecule has 0 aliphatic carbocycles. The van der Waals surface area contributed by atoms with E-state index in [1.165, 1.54) is 0 Å². The maximum absolute atomic E-state index is 13.4. The summed E-state index contributed by atoms with van der Waals surface area (Å²) in [5.74, 6) is -0.538. The van der Waals surface area contributed by atoms with E-state index in [4.69, 9.17) is 14.2 Å². The third-order valence-corrected chi connectivity index (χ3v) is 7.26. The lowest BCUT2D eigenvalue weighted by molar-refractivity contribution is -0.138. The van der Waals surface area contributed by atoms with Gasteiger partial charge >= 0.3 is 0 Å². The van der Waals surface area contributed by atoms with Crippen LogP contribution in [0.15, 0.2) is 30.3 Å². The number of nitrogens with one attached hydrogen (secondary N) is 1. The van der Waals surface area contributed by atoms with Crippen LogP contribution in [0.25, 0.3) is 0 Å². The third-order valence-electron chi connectivity index (χ3n) is 7.26. The Morgan fingerprint density at radius 1 is 1.11 bits per heavy atom. The Bertz CT molecular complexity index is 881. The fraction of sp³-hybridized carbons (Fsp3) is 0.654. The van der Waals surface area contributed by atoms with Gasteiger partial charge in [-0.05, 0) is 25.0 Å². The van der Waals surface area contributed by atoms with E-state index in [0.717, 1.165) is 12.8 Å². The smallest absolute Gasteiger partial charge is 0.251 e. The average Bonchev–Trinajstić information content (AvgIpc) is 3.60. The summed E-state index contributed by atoms with van der Waals surface area (Å²) in [7, 11) is 1.64. The molecule has 3 aliphatic heterocycles. The van der Waals surface area contributed by atoms with E-state index in [2.05, 4.69) is 5.32 Å². The highest BCUT2D eigenvalue weighted by molar-refractivity contribution is 5.97. The Kier molecular flexibility index (Phi) is 8.75. The summed E-state index contributed by atoms with van der Waals surface area (Å²) < 4.78 is 16.8. The van der Waals surface area contributed by atoms with E-state index in [9.17, 15) is 14.4 Å². The van der Waals surface area contributed by atoms with Crippen LogP contribution >= 0.6 is 0 Å². The summed E-state index contributed by atoms with van der Waals surface area (Å²) in [5, 5.41) is 2.91. The first-order chi connectivity index (χ1) is 17.0. The largest absolute Gasteiger partial charge is 0.382 e. The van der Waals surface area contributed by atoms with Gasteiger partial charge in [0.1, 0.15) is 6.04 Å². The lowest BCUT2D eigenvalue weighted by Crippen LogP contribution is -2.48. The monoisotopic (exact) mass is 487 g/mol. The van der Waals surface area contributed by atoms with E-state index in [1.807, 2.05) is 17.9 Å². The maximum atomic E-state index is 13.4. The number of amides is 3. The van der Waals surface area contributed by atoms with Gasteiger partial charge in [0.2, 0.25) is 11.8 Å². The van der Waals surface area contributed by atoms with Gasteiger partial charge in [-0.25, -0.2) is 0 Å². The van der Waals surface area contributed by atoms with Crippen LogP contribution in [0.3, 0.4) is 0 Å². The minimum atomic E-state index is -0.593. The maximum Gasteiger partial charge on any atom is 0.251 e. The molecule has 0 spiro atoms. The lowest BCUT2D eigenvalue weighted by Gasteiger charge is -2.26. The topological polar surface area (TPSA) is 97.4 Å². The zero-order chi connectivity index (χ0) is 24.8. The van der Waals surface area contributed by atoms with Gasteiger partial charge in [0, 0.05) is 44.8 Å². The number of carbonyl (C=O) groups excluding carboxylic acids is 3. The van der Waals surface area contributed by atoms with Crippen molar-refractivity contribution in [2.75, 3.05) is 53.1 Å². The molecule has 0 saturated carbocycles. The molecule has 5 atom stereocenters. The third kappa shape index (κ3) is 6.02. The summed E-state index contributed by atoms with van der Waals surface area (Å²) in [6, 6.07) is 8.33. The predicted octanol–water partition coefficient (Wildman–Crippen LogP) is 1.32. The highest BCUT2D eigenvalue weighted by atomic mass is 16.5. The molecule has 1 aromatic rings. The normalized spacial score (nSPS) is 26.6. The number of likely N-dealkylation sites (tertiary alicyclic amines) is 2. The molecule has 4 rings (SSSR count). The van der Waals surface area contributed by atoms with Crippen molar-refractivity contribution in [2.24, 2.45) is 11.8 Å². The average molecular weight is 488 g/mol. The van der Waals surface area contributed by atoms with Crippen molar-refractivity contribution >= 4 is 17.7 Å². The number of fused-ring (bicyclic) bond motifs is 1. The Hall–Kier alpha value is -2.49. The molecule has 3 heterocycles. The van der Waals surface area contributed by atoms with Crippen LogP contribution in [-0.2, 0) is 23.8 Å². The van der Waals surface area contributed by atoms with Crippen molar-refractivity contribution < 1.29 is 28.6 Å². The van der Waals surface area contributed by atoms with Crippen molar-refractivity contribution in [3.63, 3.8) is 0 Å². The number of methoxy groups -OCH3 is 1. The van der Waals surface area contributed by atoms with Gasteiger partial charge in [0.25, 0.3) is 5.91 Å².